The van der Waals surface area contributed by atoms with Gasteiger partial charge in [0.2, 0.25) is 0 Å². The Labute approximate surface area is 193 Å². The molecule has 0 aliphatic rings. The second-order valence-electron chi connectivity index (χ2n) is 7.05. The molecule has 0 aliphatic heterocycles. The average Bonchev–Trinajstić information content (AvgIpc) is 2.88. The number of methoxy groups -OCH3 is 6. The molecule has 0 amide bonds. The third kappa shape index (κ3) is 4.67. The Morgan fingerprint density at radius 2 is 0.939 bits per heavy atom. The summed E-state index contributed by atoms with van der Waals surface area (Å²) in [7, 11) is 9.23. The fourth-order valence-corrected chi connectivity index (χ4v) is 3.81. The van der Waals surface area contributed by atoms with Crippen molar-refractivity contribution in [1.29, 1.82) is 0 Å². The van der Waals surface area contributed by atoms with E-state index in [1.807, 2.05) is 18.2 Å². The molecule has 33 heavy (non-hydrogen) atoms. The monoisotopic (exact) mass is 452 g/mol. The first-order chi connectivity index (χ1) is 16.0. The molecule has 174 valence electrons. The lowest BCUT2D eigenvalue weighted by molar-refractivity contribution is 0.0969. The summed E-state index contributed by atoms with van der Waals surface area (Å²) in [6.45, 7) is 0. The van der Waals surface area contributed by atoms with Crippen LogP contribution in [-0.4, -0.2) is 48.4 Å². The van der Waals surface area contributed by atoms with E-state index in [4.69, 9.17) is 28.4 Å². The molecule has 0 radical (unpaired) electrons. The van der Waals surface area contributed by atoms with Crippen molar-refractivity contribution in [2.24, 2.45) is 0 Å². The van der Waals surface area contributed by atoms with Crippen molar-refractivity contribution in [3.63, 3.8) is 0 Å². The normalized spacial score (nSPS) is 10.5. The number of carbonyl (C=O) groups excluding carboxylic acids is 1. The zero-order valence-corrected chi connectivity index (χ0v) is 19.6. The Morgan fingerprint density at radius 3 is 1.24 bits per heavy atom. The van der Waals surface area contributed by atoms with Gasteiger partial charge in [-0.25, -0.2) is 0 Å². The molecule has 0 fully saturated rings. The maximum Gasteiger partial charge on any atom is 0.175 e. The smallest absolute Gasteiger partial charge is 0.175 e. The molecule has 0 spiro atoms. The van der Waals surface area contributed by atoms with Crippen LogP contribution in [0.2, 0.25) is 0 Å². The molecule has 3 aromatic carbocycles. The first-order valence-electron chi connectivity index (χ1n) is 10.2. The van der Waals surface area contributed by atoms with Crippen LogP contribution in [0.25, 0.3) is 0 Å². The molecule has 7 nitrogen and oxygen atoms in total. The molecule has 3 rings (SSSR count). The highest BCUT2D eigenvalue weighted by Gasteiger charge is 2.35. The molecule has 0 N–H and O–H groups in total. The second-order valence-corrected chi connectivity index (χ2v) is 7.05. The van der Waals surface area contributed by atoms with Gasteiger partial charge in [0.15, 0.2) is 5.78 Å². The van der Waals surface area contributed by atoms with Crippen LogP contribution in [0, 0.1) is 0 Å². The van der Waals surface area contributed by atoms with Gasteiger partial charge in [0.1, 0.15) is 34.5 Å². The van der Waals surface area contributed by atoms with Gasteiger partial charge in [-0.05, 0) is 0 Å². The van der Waals surface area contributed by atoms with Crippen LogP contribution in [0.4, 0.5) is 0 Å². The van der Waals surface area contributed by atoms with E-state index in [-0.39, 0.29) is 5.78 Å². The summed E-state index contributed by atoms with van der Waals surface area (Å²) < 4.78 is 33.6. The van der Waals surface area contributed by atoms with Crippen LogP contribution >= 0.6 is 0 Å². The van der Waals surface area contributed by atoms with Crippen LogP contribution in [0.5, 0.6) is 34.5 Å². The SMILES string of the molecule is COc1cc(OC)c(C(C(=O)c2ccccc2)c2c(OC)cc(OC)cc2OC)c(OC)c1. The largest absolute Gasteiger partial charge is 0.496 e. The third-order valence-electron chi connectivity index (χ3n) is 5.40. The van der Waals surface area contributed by atoms with Gasteiger partial charge in [-0.3, -0.25) is 4.79 Å². The molecule has 0 bridgehead atoms. The van der Waals surface area contributed by atoms with E-state index in [1.54, 1.807) is 50.6 Å². The number of hydrogen-bond donors (Lipinski definition) is 0. The molecular formula is C26H28O7. The Hall–Kier alpha value is -3.87. The fourth-order valence-electron chi connectivity index (χ4n) is 3.81. The molecule has 0 saturated carbocycles. The van der Waals surface area contributed by atoms with E-state index >= 15 is 0 Å². The minimum atomic E-state index is -0.876. The summed E-state index contributed by atoms with van der Waals surface area (Å²) in [6, 6.07) is 15.9. The summed E-state index contributed by atoms with van der Waals surface area (Å²) >= 11 is 0. The third-order valence-corrected chi connectivity index (χ3v) is 5.40. The molecule has 0 saturated heterocycles. The summed E-state index contributed by atoms with van der Waals surface area (Å²) in [5, 5.41) is 0. The van der Waals surface area contributed by atoms with E-state index in [0.717, 1.165) is 0 Å². The van der Waals surface area contributed by atoms with Crippen molar-refractivity contribution >= 4 is 5.78 Å². The molecule has 3 aromatic rings. The van der Waals surface area contributed by atoms with Gasteiger partial charge in [0.05, 0.1) is 59.7 Å². The van der Waals surface area contributed by atoms with Gasteiger partial charge in [0.25, 0.3) is 0 Å². The van der Waals surface area contributed by atoms with Gasteiger partial charge >= 0.3 is 0 Å². The van der Waals surface area contributed by atoms with Gasteiger partial charge in [-0.1, -0.05) is 30.3 Å². The Balaban J connectivity index is 2.41. The highest BCUT2D eigenvalue weighted by atomic mass is 16.5. The van der Waals surface area contributed by atoms with E-state index in [9.17, 15) is 4.79 Å². The minimum Gasteiger partial charge on any atom is -0.496 e. The second kappa shape index (κ2) is 10.6. The fraction of sp³-hybridized carbons (Fsp3) is 0.269. The van der Waals surface area contributed by atoms with E-state index < -0.39 is 5.92 Å². The summed E-state index contributed by atoms with van der Waals surface area (Å²) in [5.41, 5.74) is 1.56. The number of benzene rings is 3. The van der Waals surface area contributed by atoms with Gasteiger partial charge in [-0.2, -0.15) is 0 Å². The van der Waals surface area contributed by atoms with Gasteiger partial charge < -0.3 is 28.4 Å². The van der Waals surface area contributed by atoms with Crippen LogP contribution in [0.3, 0.4) is 0 Å². The zero-order chi connectivity index (χ0) is 24.0. The maximum absolute atomic E-state index is 14.0. The van der Waals surface area contributed by atoms with Crippen molar-refractivity contribution in [1.82, 2.24) is 0 Å². The maximum atomic E-state index is 14.0. The van der Waals surface area contributed by atoms with Gasteiger partial charge in [-0.15, -0.1) is 0 Å². The first-order valence-corrected chi connectivity index (χ1v) is 10.2. The molecule has 0 atom stereocenters. The summed E-state index contributed by atoms with van der Waals surface area (Å²) in [6.07, 6.45) is 0. The van der Waals surface area contributed by atoms with Crippen molar-refractivity contribution in [2.45, 2.75) is 5.92 Å². The number of hydrogen-bond acceptors (Lipinski definition) is 7. The lowest BCUT2D eigenvalue weighted by Gasteiger charge is -2.26. The number of rotatable bonds is 10. The Morgan fingerprint density at radius 1 is 0.576 bits per heavy atom. The predicted molar refractivity (Wildman–Crippen MR) is 125 cm³/mol. The number of Topliss-reactive ketones (excluding diaryl/α,β-unsaturated/α-hetero) is 1. The lowest BCUT2D eigenvalue weighted by atomic mass is 9.82. The lowest BCUT2D eigenvalue weighted by Crippen LogP contribution is -2.18. The van der Waals surface area contributed by atoms with Crippen molar-refractivity contribution in [3.05, 3.63) is 71.3 Å². The highest BCUT2D eigenvalue weighted by molar-refractivity contribution is 6.04. The van der Waals surface area contributed by atoms with Crippen LogP contribution < -0.4 is 28.4 Å². The van der Waals surface area contributed by atoms with Crippen molar-refractivity contribution < 1.29 is 33.2 Å². The predicted octanol–water partition coefficient (Wildman–Crippen LogP) is 4.75. The van der Waals surface area contributed by atoms with Gasteiger partial charge in [0, 0.05) is 29.8 Å². The quantitative estimate of drug-likeness (QED) is 0.411. The molecule has 0 aromatic heterocycles. The van der Waals surface area contributed by atoms with Crippen molar-refractivity contribution in [3.8, 4) is 34.5 Å². The highest BCUT2D eigenvalue weighted by Crippen LogP contribution is 2.49. The van der Waals surface area contributed by atoms with E-state index in [1.165, 1.54) is 28.4 Å². The molecular weight excluding hydrogens is 424 g/mol. The summed E-state index contributed by atoms with van der Waals surface area (Å²) in [4.78, 5) is 14.0. The number of carbonyl (C=O) groups is 1. The minimum absolute atomic E-state index is 0.181. The van der Waals surface area contributed by atoms with Crippen LogP contribution in [0.1, 0.15) is 27.4 Å². The Bertz CT molecular complexity index is 995. The topological polar surface area (TPSA) is 72.5 Å². The van der Waals surface area contributed by atoms with E-state index in [2.05, 4.69) is 0 Å². The van der Waals surface area contributed by atoms with Crippen LogP contribution in [0.15, 0.2) is 54.6 Å². The standard InChI is InChI=1S/C26H28O7/c1-28-17-12-19(30-3)23(20(13-17)31-4)25(26(27)16-10-8-7-9-11-16)24-21(32-5)14-18(29-2)15-22(24)33-6/h7-15,25H,1-6H3. The number of ketones is 1. The zero-order valence-electron chi connectivity index (χ0n) is 19.6. The number of ether oxygens (including phenoxy) is 6. The molecule has 0 unspecified atom stereocenters. The molecule has 0 aliphatic carbocycles. The Kier molecular flexibility index (Phi) is 7.66. The first kappa shape index (κ1) is 23.8. The van der Waals surface area contributed by atoms with Crippen molar-refractivity contribution in [2.75, 3.05) is 42.7 Å². The molecule has 0 heterocycles. The van der Waals surface area contributed by atoms with E-state index in [0.29, 0.717) is 51.2 Å². The molecule has 7 heteroatoms. The average molecular weight is 453 g/mol. The van der Waals surface area contributed by atoms with Crippen LogP contribution in [-0.2, 0) is 0 Å². The summed E-state index contributed by atoms with van der Waals surface area (Å²) in [5.74, 6) is 1.74.